The highest BCUT2D eigenvalue weighted by Gasteiger charge is 2.04. The van der Waals surface area contributed by atoms with Crippen LogP contribution < -0.4 is 0 Å². The van der Waals surface area contributed by atoms with Gasteiger partial charge in [0.2, 0.25) is 0 Å². The molecule has 0 aliphatic heterocycles. The van der Waals surface area contributed by atoms with E-state index in [1.54, 1.807) is 0 Å². The predicted octanol–water partition coefficient (Wildman–Crippen LogP) is 7.37. The van der Waals surface area contributed by atoms with E-state index in [4.69, 9.17) is 0 Å². The number of rotatable bonds is 14. The van der Waals surface area contributed by atoms with Crippen molar-refractivity contribution in [2.24, 2.45) is 11.8 Å². The summed E-state index contributed by atoms with van der Waals surface area (Å²) in [5, 5.41) is 0. The molecule has 0 aliphatic rings. The Hall–Kier alpha value is 0. The lowest BCUT2D eigenvalue weighted by atomic mass is 9.94. The second kappa shape index (κ2) is 14.4. The molecule has 0 radical (unpaired) electrons. The number of hydrogen-bond donors (Lipinski definition) is 0. The third kappa shape index (κ3) is 14.2. The zero-order valence-electron chi connectivity index (χ0n) is 14.3. The molecule has 0 N–H and O–H groups in total. The zero-order chi connectivity index (χ0) is 14.3. The molecule has 0 heterocycles. The SMILES string of the molecule is CCCCCC[C@H](C)CCCCC[C@H](C)CCCC. The standard InChI is InChI=1S/C19H40/c1-5-7-9-11-15-19(4)17-13-10-12-16-18(3)14-8-6-2/h18-19H,5-17H2,1-4H3/t18-,19+/m1/s1. The first kappa shape index (κ1) is 19.0. The minimum atomic E-state index is 0.964. The maximum atomic E-state index is 2.45. The minimum absolute atomic E-state index is 0.964. The summed E-state index contributed by atoms with van der Waals surface area (Å²) < 4.78 is 0. The molecular formula is C19H40. The highest BCUT2D eigenvalue weighted by molar-refractivity contribution is 4.57. The van der Waals surface area contributed by atoms with Gasteiger partial charge < -0.3 is 0 Å². The van der Waals surface area contributed by atoms with Gasteiger partial charge in [0.25, 0.3) is 0 Å². The van der Waals surface area contributed by atoms with Gasteiger partial charge in [-0.25, -0.2) is 0 Å². The van der Waals surface area contributed by atoms with Gasteiger partial charge in [-0.2, -0.15) is 0 Å². The van der Waals surface area contributed by atoms with E-state index < -0.39 is 0 Å². The molecule has 0 amide bonds. The van der Waals surface area contributed by atoms with Crippen LogP contribution in [0.2, 0.25) is 0 Å². The molecule has 0 heteroatoms. The number of hydrogen-bond acceptors (Lipinski definition) is 0. The Balaban J connectivity index is 3.24. The van der Waals surface area contributed by atoms with E-state index in [-0.39, 0.29) is 0 Å². The molecule has 0 aliphatic carbocycles. The van der Waals surface area contributed by atoms with Crippen molar-refractivity contribution in [2.45, 2.75) is 111 Å². The monoisotopic (exact) mass is 268 g/mol. The maximum absolute atomic E-state index is 2.45. The first-order valence-corrected chi connectivity index (χ1v) is 9.20. The lowest BCUT2D eigenvalue weighted by molar-refractivity contribution is 0.412. The van der Waals surface area contributed by atoms with E-state index in [1.165, 1.54) is 83.5 Å². The van der Waals surface area contributed by atoms with E-state index in [0.717, 1.165) is 11.8 Å². The Morgan fingerprint density at radius 2 is 0.842 bits per heavy atom. The topological polar surface area (TPSA) is 0 Å². The smallest absolute Gasteiger partial charge is 0.0443 e. The fourth-order valence-corrected chi connectivity index (χ4v) is 2.92. The van der Waals surface area contributed by atoms with Crippen molar-refractivity contribution < 1.29 is 0 Å². The van der Waals surface area contributed by atoms with Crippen LogP contribution >= 0.6 is 0 Å². The summed E-state index contributed by atoms with van der Waals surface area (Å²) in [6.45, 7) is 9.49. The summed E-state index contributed by atoms with van der Waals surface area (Å²) in [6, 6.07) is 0. The molecule has 116 valence electrons. The molecule has 0 unspecified atom stereocenters. The van der Waals surface area contributed by atoms with Crippen LogP contribution in [0.1, 0.15) is 111 Å². The van der Waals surface area contributed by atoms with Crippen LogP contribution in [0.5, 0.6) is 0 Å². The van der Waals surface area contributed by atoms with Crippen molar-refractivity contribution in [1.29, 1.82) is 0 Å². The van der Waals surface area contributed by atoms with Gasteiger partial charge in [0.05, 0.1) is 0 Å². The summed E-state index contributed by atoms with van der Waals surface area (Å²) in [5.41, 5.74) is 0. The second-order valence-electron chi connectivity index (χ2n) is 6.84. The Morgan fingerprint density at radius 1 is 0.474 bits per heavy atom. The largest absolute Gasteiger partial charge is 0.0654 e. The molecule has 0 saturated carbocycles. The number of unbranched alkanes of at least 4 members (excludes halogenated alkanes) is 6. The lowest BCUT2D eigenvalue weighted by Crippen LogP contribution is -1.97. The third-order valence-corrected chi connectivity index (χ3v) is 4.49. The maximum Gasteiger partial charge on any atom is -0.0443 e. The Morgan fingerprint density at radius 3 is 1.26 bits per heavy atom. The van der Waals surface area contributed by atoms with Crippen LogP contribution in [-0.2, 0) is 0 Å². The van der Waals surface area contributed by atoms with Gasteiger partial charge in [-0.15, -0.1) is 0 Å². The molecule has 0 aromatic carbocycles. The average molecular weight is 269 g/mol. The van der Waals surface area contributed by atoms with Crippen LogP contribution in [0.4, 0.5) is 0 Å². The van der Waals surface area contributed by atoms with Gasteiger partial charge in [-0.1, -0.05) is 111 Å². The second-order valence-corrected chi connectivity index (χ2v) is 6.84. The highest BCUT2D eigenvalue weighted by Crippen LogP contribution is 2.20. The Bertz CT molecular complexity index is 161. The first-order chi connectivity index (χ1) is 9.20. The molecule has 19 heavy (non-hydrogen) atoms. The van der Waals surface area contributed by atoms with E-state index >= 15 is 0 Å². The Kier molecular flexibility index (Phi) is 14.4. The quantitative estimate of drug-likeness (QED) is 0.288. The van der Waals surface area contributed by atoms with Gasteiger partial charge in [0.15, 0.2) is 0 Å². The van der Waals surface area contributed by atoms with Crippen molar-refractivity contribution in [3.05, 3.63) is 0 Å². The van der Waals surface area contributed by atoms with Crippen molar-refractivity contribution in [3.63, 3.8) is 0 Å². The van der Waals surface area contributed by atoms with Crippen molar-refractivity contribution in [1.82, 2.24) is 0 Å². The van der Waals surface area contributed by atoms with Gasteiger partial charge in [0, 0.05) is 0 Å². The fourth-order valence-electron chi connectivity index (χ4n) is 2.92. The molecule has 2 atom stereocenters. The normalized spacial score (nSPS) is 14.5. The van der Waals surface area contributed by atoms with E-state index in [0.29, 0.717) is 0 Å². The van der Waals surface area contributed by atoms with E-state index in [2.05, 4.69) is 27.7 Å². The van der Waals surface area contributed by atoms with Crippen LogP contribution in [0.15, 0.2) is 0 Å². The predicted molar refractivity (Wildman–Crippen MR) is 89.7 cm³/mol. The molecular weight excluding hydrogens is 228 g/mol. The minimum Gasteiger partial charge on any atom is -0.0654 e. The van der Waals surface area contributed by atoms with Crippen LogP contribution in [0, 0.1) is 11.8 Å². The van der Waals surface area contributed by atoms with Gasteiger partial charge in [-0.05, 0) is 11.8 Å². The molecule has 0 aromatic rings. The lowest BCUT2D eigenvalue weighted by Gasteiger charge is -2.12. The van der Waals surface area contributed by atoms with E-state index in [1.807, 2.05) is 0 Å². The summed E-state index contributed by atoms with van der Waals surface area (Å²) in [6.07, 6.45) is 18.7. The third-order valence-electron chi connectivity index (χ3n) is 4.49. The molecule has 0 bridgehead atoms. The molecule has 0 fully saturated rings. The Labute approximate surface area is 123 Å². The van der Waals surface area contributed by atoms with Crippen LogP contribution in [-0.4, -0.2) is 0 Å². The van der Waals surface area contributed by atoms with E-state index in [9.17, 15) is 0 Å². The van der Waals surface area contributed by atoms with Crippen LogP contribution in [0.3, 0.4) is 0 Å². The summed E-state index contributed by atoms with van der Waals surface area (Å²) in [5.74, 6) is 1.93. The van der Waals surface area contributed by atoms with Crippen molar-refractivity contribution in [3.8, 4) is 0 Å². The zero-order valence-corrected chi connectivity index (χ0v) is 14.3. The first-order valence-electron chi connectivity index (χ1n) is 9.20. The fraction of sp³-hybridized carbons (Fsp3) is 1.00. The molecule has 0 saturated heterocycles. The molecule has 0 nitrogen and oxygen atoms in total. The van der Waals surface area contributed by atoms with Gasteiger partial charge >= 0.3 is 0 Å². The van der Waals surface area contributed by atoms with Crippen molar-refractivity contribution in [2.75, 3.05) is 0 Å². The van der Waals surface area contributed by atoms with Crippen molar-refractivity contribution >= 4 is 0 Å². The molecule has 0 rings (SSSR count). The molecule has 0 aromatic heterocycles. The highest BCUT2D eigenvalue weighted by atomic mass is 14.1. The van der Waals surface area contributed by atoms with Crippen LogP contribution in [0.25, 0.3) is 0 Å². The van der Waals surface area contributed by atoms with Gasteiger partial charge in [0.1, 0.15) is 0 Å². The average Bonchev–Trinajstić information content (AvgIpc) is 2.41. The van der Waals surface area contributed by atoms with Gasteiger partial charge in [-0.3, -0.25) is 0 Å². The molecule has 0 spiro atoms. The summed E-state index contributed by atoms with van der Waals surface area (Å²) >= 11 is 0. The summed E-state index contributed by atoms with van der Waals surface area (Å²) in [7, 11) is 0. The summed E-state index contributed by atoms with van der Waals surface area (Å²) in [4.78, 5) is 0.